The summed E-state index contributed by atoms with van der Waals surface area (Å²) in [7, 11) is -4.53. The molecule has 0 heterocycles. The number of benzene rings is 1. The molecular weight excluding hydrogens is 288 g/mol. The highest BCUT2D eigenvalue weighted by atomic mass is 32.2. The van der Waals surface area contributed by atoms with Crippen molar-refractivity contribution in [2.24, 2.45) is 5.14 Å². The largest absolute Gasteiger partial charge is 0.480 e. The number of carboxylic acid groups (broad SMARTS) is 1. The third-order valence-electron chi connectivity index (χ3n) is 2.37. The molecule has 9 heteroatoms. The monoisotopic (exact) mass is 302 g/mol. The van der Waals surface area contributed by atoms with E-state index < -0.39 is 28.3 Å². The zero-order valence-electron chi connectivity index (χ0n) is 10.6. The highest BCUT2D eigenvalue weighted by Crippen LogP contribution is 2.09. The number of carbonyl (C=O) groups excluding carboxylic acids is 1. The number of aliphatic carboxylic acids is 1. The molecule has 1 aromatic rings. The van der Waals surface area contributed by atoms with Gasteiger partial charge in [-0.05, 0) is 12.5 Å². The Morgan fingerprint density at radius 3 is 2.35 bits per heavy atom. The number of ether oxygens (including phenoxy) is 1. The highest BCUT2D eigenvalue weighted by Gasteiger charge is 2.35. The van der Waals surface area contributed by atoms with Crippen LogP contribution in [0.4, 0.5) is 4.79 Å². The Morgan fingerprint density at radius 1 is 1.35 bits per heavy atom. The Hall–Kier alpha value is -2.13. The van der Waals surface area contributed by atoms with Gasteiger partial charge in [0.2, 0.25) is 0 Å². The van der Waals surface area contributed by atoms with Crippen LogP contribution in [0.1, 0.15) is 12.5 Å². The van der Waals surface area contributed by atoms with Crippen LogP contribution in [-0.4, -0.2) is 35.9 Å². The third-order valence-corrected chi connectivity index (χ3v) is 3.38. The second kappa shape index (κ2) is 6.35. The van der Waals surface area contributed by atoms with Gasteiger partial charge in [0.15, 0.2) is 0 Å². The summed E-state index contributed by atoms with van der Waals surface area (Å²) in [4.78, 5) is 22.5. The lowest BCUT2D eigenvalue weighted by molar-refractivity contribution is -0.140. The third kappa shape index (κ3) is 4.21. The fourth-order valence-electron chi connectivity index (χ4n) is 1.37. The summed E-state index contributed by atoms with van der Waals surface area (Å²) >= 11 is 0. The standard InChI is InChI=1S/C11H14N2O6S/c1-8(10(14)15)13(20(12,17)18)11(16)19-7-9-5-3-2-4-6-9/h2-6,8H,7H2,1H3,(H,14,15)(H2,12,17,18). The van der Waals surface area contributed by atoms with Crippen molar-refractivity contribution < 1.29 is 27.9 Å². The first-order chi connectivity index (χ1) is 9.23. The van der Waals surface area contributed by atoms with Crippen LogP contribution in [0, 0.1) is 0 Å². The van der Waals surface area contributed by atoms with Gasteiger partial charge in [0.05, 0.1) is 0 Å². The molecule has 1 amide bonds. The van der Waals surface area contributed by atoms with Crippen molar-refractivity contribution in [3.05, 3.63) is 35.9 Å². The SMILES string of the molecule is CC(C(=O)O)N(C(=O)OCc1ccccc1)S(N)(=O)=O. The van der Waals surface area contributed by atoms with Crippen LogP contribution in [0.2, 0.25) is 0 Å². The lowest BCUT2D eigenvalue weighted by Crippen LogP contribution is -2.50. The van der Waals surface area contributed by atoms with Crippen molar-refractivity contribution >= 4 is 22.3 Å². The maximum atomic E-state index is 11.7. The molecule has 0 aromatic heterocycles. The number of amides is 1. The Labute approximate surface area is 115 Å². The quantitative estimate of drug-likeness (QED) is 0.805. The Balaban J connectivity index is 2.82. The Kier molecular flexibility index (Phi) is 5.06. The van der Waals surface area contributed by atoms with Gasteiger partial charge in [0, 0.05) is 0 Å². The molecule has 0 radical (unpaired) electrons. The molecule has 0 aliphatic rings. The van der Waals surface area contributed by atoms with Gasteiger partial charge in [-0.3, -0.25) is 0 Å². The zero-order valence-corrected chi connectivity index (χ0v) is 11.4. The minimum absolute atomic E-state index is 0.0156. The fourth-order valence-corrected chi connectivity index (χ4v) is 2.16. The molecule has 0 aliphatic heterocycles. The zero-order chi connectivity index (χ0) is 15.3. The normalized spacial score (nSPS) is 12.5. The van der Waals surface area contributed by atoms with E-state index in [1.165, 1.54) is 0 Å². The number of nitrogens with two attached hydrogens (primary N) is 1. The maximum Gasteiger partial charge on any atom is 0.425 e. The van der Waals surface area contributed by atoms with E-state index in [0.29, 0.717) is 5.56 Å². The fraction of sp³-hybridized carbons (Fsp3) is 0.273. The lowest BCUT2D eigenvalue weighted by atomic mass is 10.2. The van der Waals surface area contributed by atoms with Gasteiger partial charge < -0.3 is 9.84 Å². The molecule has 1 rings (SSSR count). The molecule has 0 bridgehead atoms. The van der Waals surface area contributed by atoms with Crippen LogP contribution >= 0.6 is 0 Å². The highest BCUT2D eigenvalue weighted by molar-refractivity contribution is 7.87. The summed E-state index contributed by atoms with van der Waals surface area (Å²) < 4.78 is 27.3. The smallest absolute Gasteiger partial charge is 0.425 e. The maximum absolute atomic E-state index is 11.7. The Bertz CT molecular complexity index is 586. The summed E-state index contributed by atoms with van der Waals surface area (Å²) in [5, 5.41) is 13.6. The van der Waals surface area contributed by atoms with Gasteiger partial charge in [-0.25, -0.2) is 14.7 Å². The molecule has 0 aliphatic carbocycles. The molecule has 0 fully saturated rings. The van der Waals surface area contributed by atoms with E-state index in [1.807, 2.05) is 0 Å². The number of hydrogen-bond donors (Lipinski definition) is 2. The summed E-state index contributed by atoms with van der Waals surface area (Å²) in [5.74, 6) is -1.52. The number of hydrogen-bond acceptors (Lipinski definition) is 5. The lowest BCUT2D eigenvalue weighted by Gasteiger charge is -2.22. The number of carboxylic acids is 1. The van der Waals surface area contributed by atoms with Crippen molar-refractivity contribution in [2.45, 2.75) is 19.6 Å². The molecule has 20 heavy (non-hydrogen) atoms. The van der Waals surface area contributed by atoms with Gasteiger partial charge in [0.1, 0.15) is 12.6 Å². The molecule has 0 spiro atoms. The van der Waals surface area contributed by atoms with E-state index in [0.717, 1.165) is 6.92 Å². The molecule has 1 unspecified atom stereocenters. The molecule has 110 valence electrons. The van der Waals surface area contributed by atoms with Crippen LogP contribution < -0.4 is 5.14 Å². The minimum atomic E-state index is -4.53. The number of rotatable bonds is 5. The first kappa shape index (κ1) is 15.9. The van der Waals surface area contributed by atoms with Crippen LogP contribution in [0.25, 0.3) is 0 Å². The summed E-state index contributed by atoms with van der Waals surface area (Å²) in [5.41, 5.74) is 0.623. The molecule has 3 N–H and O–H groups in total. The van der Waals surface area contributed by atoms with Crippen LogP contribution in [-0.2, 0) is 26.3 Å². The topological polar surface area (TPSA) is 127 Å². The molecule has 1 atom stereocenters. The van der Waals surface area contributed by atoms with Gasteiger partial charge in [-0.15, -0.1) is 0 Å². The molecular formula is C11H14N2O6S. The van der Waals surface area contributed by atoms with Gasteiger partial charge in [0.25, 0.3) is 0 Å². The first-order valence-corrected chi connectivity index (χ1v) is 6.99. The first-order valence-electron chi connectivity index (χ1n) is 5.49. The molecule has 0 saturated carbocycles. The van der Waals surface area contributed by atoms with Gasteiger partial charge in [-0.2, -0.15) is 12.7 Å². The van der Waals surface area contributed by atoms with E-state index >= 15 is 0 Å². The van der Waals surface area contributed by atoms with E-state index in [1.54, 1.807) is 30.3 Å². The summed E-state index contributed by atoms with van der Waals surface area (Å²) in [6.07, 6.45) is -1.34. The van der Waals surface area contributed by atoms with Crippen molar-refractivity contribution in [1.29, 1.82) is 0 Å². The van der Waals surface area contributed by atoms with Crippen LogP contribution in [0.3, 0.4) is 0 Å². The predicted molar refractivity (Wildman–Crippen MR) is 68.7 cm³/mol. The number of carbonyl (C=O) groups is 2. The second-order valence-corrected chi connectivity index (χ2v) is 5.32. The minimum Gasteiger partial charge on any atom is -0.480 e. The predicted octanol–water partition coefficient (Wildman–Crippen LogP) is 0.302. The van der Waals surface area contributed by atoms with Crippen LogP contribution in [0.15, 0.2) is 30.3 Å². The van der Waals surface area contributed by atoms with Gasteiger partial charge in [-0.1, -0.05) is 30.3 Å². The molecule has 0 saturated heterocycles. The van der Waals surface area contributed by atoms with Crippen molar-refractivity contribution in [3.63, 3.8) is 0 Å². The average Bonchev–Trinajstić information content (AvgIpc) is 2.36. The van der Waals surface area contributed by atoms with Crippen molar-refractivity contribution in [3.8, 4) is 0 Å². The Morgan fingerprint density at radius 2 is 1.90 bits per heavy atom. The summed E-state index contributed by atoms with van der Waals surface area (Å²) in [6.45, 7) is 0.814. The van der Waals surface area contributed by atoms with E-state index in [4.69, 9.17) is 15.0 Å². The van der Waals surface area contributed by atoms with E-state index in [-0.39, 0.29) is 10.9 Å². The van der Waals surface area contributed by atoms with E-state index in [9.17, 15) is 18.0 Å². The number of nitrogens with zero attached hydrogens (tertiary/aromatic N) is 1. The van der Waals surface area contributed by atoms with Crippen molar-refractivity contribution in [2.75, 3.05) is 0 Å². The van der Waals surface area contributed by atoms with E-state index in [2.05, 4.69) is 0 Å². The summed E-state index contributed by atoms with van der Waals surface area (Å²) in [6, 6.07) is 6.84. The molecule has 8 nitrogen and oxygen atoms in total. The van der Waals surface area contributed by atoms with Crippen molar-refractivity contribution in [1.82, 2.24) is 4.31 Å². The van der Waals surface area contributed by atoms with Gasteiger partial charge >= 0.3 is 22.3 Å². The second-order valence-electron chi connectivity index (χ2n) is 3.90. The molecule has 1 aromatic carbocycles. The van der Waals surface area contributed by atoms with Crippen LogP contribution in [0.5, 0.6) is 0 Å². The average molecular weight is 302 g/mol.